The Bertz CT molecular complexity index is 594. The lowest BCUT2D eigenvalue weighted by Gasteiger charge is -2.35. The molecule has 208 valence electrons. The van der Waals surface area contributed by atoms with Gasteiger partial charge in [0.15, 0.2) is 0 Å². The molecular weight excluding hydrogens is 457 g/mol. The van der Waals surface area contributed by atoms with E-state index in [1.165, 1.54) is 83.5 Å². The molecule has 0 aliphatic rings. The number of aliphatic hydroxyl groups is 1. The third-order valence-electron chi connectivity index (χ3n) is 6.53. The van der Waals surface area contributed by atoms with Crippen molar-refractivity contribution in [2.45, 2.75) is 134 Å². The van der Waals surface area contributed by atoms with Gasteiger partial charge >= 0.3 is 7.60 Å². The predicted molar refractivity (Wildman–Crippen MR) is 152 cm³/mol. The maximum atomic E-state index is 11.8. The summed E-state index contributed by atoms with van der Waals surface area (Å²) >= 11 is 0. The van der Waals surface area contributed by atoms with E-state index in [2.05, 4.69) is 25.2 Å². The number of likely N-dealkylation sites (N-methyl/N-ethyl adjacent to an activating group) is 1. The first-order chi connectivity index (χ1) is 16.5. The molecule has 0 rings (SSSR count). The lowest BCUT2D eigenvalue weighted by Crippen LogP contribution is -2.49. The SMILES string of the molecule is CCCCCCCCCCCCCC/C=C\CCCC/C=C\CCC(O)(C[N+](C)(C)C)P(=O)(O)O. The molecular formula is C29H59NO4P+. The van der Waals surface area contributed by atoms with Crippen LogP contribution in [0.5, 0.6) is 0 Å². The third-order valence-corrected chi connectivity index (χ3v) is 7.98. The summed E-state index contributed by atoms with van der Waals surface area (Å²) in [5.74, 6) is 0. The van der Waals surface area contributed by atoms with Gasteiger partial charge in [-0.15, -0.1) is 0 Å². The first-order valence-electron chi connectivity index (χ1n) is 14.4. The molecule has 0 aliphatic heterocycles. The zero-order valence-electron chi connectivity index (χ0n) is 23.6. The summed E-state index contributed by atoms with van der Waals surface area (Å²) in [6.45, 7) is 2.30. The van der Waals surface area contributed by atoms with E-state index in [1.54, 1.807) is 0 Å². The van der Waals surface area contributed by atoms with Crippen LogP contribution >= 0.6 is 7.60 Å². The van der Waals surface area contributed by atoms with Crippen molar-refractivity contribution in [3.8, 4) is 0 Å². The molecule has 35 heavy (non-hydrogen) atoms. The minimum atomic E-state index is -4.58. The maximum Gasteiger partial charge on any atom is 0.362 e. The molecule has 3 N–H and O–H groups in total. The van der Waals surface area contributed by atoms with Gasteiger partial charge in [-0.25, -0.2) is 0 Å². The van der Waals surface area contributed by atoms with E-state index in [-0.39, 0.29) is 13.0 Å². The van der Waals surface area contributed by atoms with Crippen molar-refractivity contribution in [2.75, 3.05) is 27.7 Å². The zero-order valence-corrected chi connectivity index (χ0v) is 24.5. The monoisotopic (exact) mass is 516 g/mol. The molecule has 0 heterocycles. The Hall–Kier alpha value is -0.450. The Kier molecular flexibility index (Phi) is 20.3. The van der Waals surface area contributed by atoms with Gasteiger partial charge in [0.2, 0.25) is 5.34 Å². The summed E-state index contributed by atoms with van der Waals surface area (Å²) in [5, 5.41) is 8.56. The minimum absolute atomic E-state index is 0.0245. The van der Waals surface area contributed by atoms with Crippen molar-refractivity contribution < 1.29 is 23.9 Å². The summed E-state index contributed by atoms with van der Waals surface area (Å²) in [6, 6.07) is 0. The largest absolute Gasteiger partial charge is 0.373 e. The Morgan fingerprint density at radius 3 is 1.34 bits per heavy atom. The number of unbranched alkanes of at least 4 members (excludes halogenated alkanes) is 15. The number of nitrogens with zero attached hydrogens (tertiary/aromatic N) is 1. The van der Waals surface area contributed by atoms with Crippen LogP contribution in [0.4, 0.5) is 0 Å². The highest BCUT2D eigenvalue weighted by Crippen LogP contribution is 2.52. The molecule has 6 heteroatoms. The van der Waals surface area contributed by atoms with Gasteiger partial charge in [-0.2, -0.15) is 0 Å². The van der Waals surface area contributed by atoms with Gasteiger partial charge in [-0.05, 0) is 51.4 Å². The minimum Gasteiger partial charge on any atom is -0.373 e. The lowest BCUT2D eigenvalue weighted by atomic mass is 10.0. The van der Waals surface area contributed by atoms with Gasteiger partial charge in [0.05, 0.1) is 21.1 Å². The van der Waals surface area contributed by atoms with E-state index in [0.717, 1.165) is 25.7 Å². The van der Waals surface area contributed by atoms with Crippen LogP contribution in [0.15, 0.2) is 24.3 Å². The second kappa shape index (κ2) is 20.6. The summed E-state index contributed by atoms with van der Waals surface area (Å²) < 4.78 is 12.1. The highest BCUT2D eigenvalue weighted by Gasteiger charge is 2.48. The Labute approximate surface area is 217 Å². The molecule has 0 saturated heterocycles. The van der Waals surface area contributed by atoms with Crippen molar-refractivity contribution in [2.24, 2.45) is 0 Å². The normalized spacial score (nSPS) is 14.8. The summed E-state index contributed by atoms with van der Waals surface area (Å²) in [4.78, 5) is 19.2. The van der Waals surface area contributed by atoms with Gasteiger partial charge in [0, 0.05) is 0 Å². The first-order valence-corrected chi connectivity index (χ1v) is 16.0. The van der Waals surface area contributed by atoms with Crippen LogP contribution in [0, 0.1) is 0 Å². The smallest absolute Gasteiger partial charge is 0.362 e. The van der Waals surface area contributed by atoms with Crippen LogP contribution in [0.25, 0.3) is 0 Å². The fourth-order valence-electron chi connectivity index (χ4n) is 4.49. The number of quaternary nitrogens is 1. The summed E-state index contributed by atoms with van der Waals surface area (Å²) in [7, 11) is 0.886. The zero-order chi connectivity index (χ0) is 26.5. The average Bonchev–Trinajstić information content (AvgIpc) is 2.75. The van der Waals surface area contributed by atoms with E-state index < -0.39 is 12.9 Å². The van der Waals surface area contributed by atoms with Crippen molar-refractivity contribution in [3.63, 3.8) is 0 Å². The molecule has 0 bridgehead atoms. The average molecular weight is 517 g/mol. The number of hydrogen-bond acceptors (Lipinski definition) is 2. The van der Waals surface area contributed by atoms with E-state index >= 15 is 0 Å². The van der Waals surface area contributed by atoms with Gasteiger partial charge in [0.25, 0.3) is 0 Å². The summed E-state index contributed by atoms with van der Waals surface area (Å²) in [6.07, 6.45) is 31.5. The highest BCUT2D eigenvalue weighted by molar-refractivity contribution is 7.53. The molecule has 5 nitrogen and oxygen atoms in total. The standard InChI is InChI=1S/C29H58NO4P/c1-5-6-7-8-9-10-11-12-13-14-15-16-17-18-19-20-21-22-23-24-25-26-27-29(31,35(32,33)34)28-30(2,3)4/h18-19,24-25,31H,5-17,20-23,26-28H2,1-4H3,(H-,32,33,34)/p+1/b19-18-,25-24-. The molecule has 1 atom stereocenters. The van der Waals surface area contributed by atoms with E-state index in [0.29, 0.717) is 10.9 Å². The lowest BCUT2D eigenvalue weighted by molar-refractivity contribution is -0.875. The van der Waals surface area contributed by atoms with Crippen LogP contribution in [-0.4, -0.2) is 52.4 Å². The number of hydrogen-bond donors (Lipinski definition) is 3. The van der Waals surface area contributed by atoms with Gasteiger partial charge in [-0.3, -0.25) is 4.57 Å². The molecule has 0 aromatic carbocycles. The predicted octanol–water partition coefficient (Wildman–Crippen LogP) is 8.10. The maximum absolute atomic E-state index is 11.8. The molecule has 0 radical (unpaired) electrons. The molecule has 0 amide bonds. The van der Waals surface area contributed by atoms with Crippen molar-refractivity contribution >= 4 is 7.60 Å². The van der Waals surface area contributed by atoms with Gasteiger partial charge in [-0.1, -0.05) is 102 Å². The van der Waals surface area contributed by atoms with E-state index in [4.69, 9.17) is 0 Å². The van der Waals surface area contributed by atoms with Crippen molar-refractivity contribution in [1.29, 1.82) is 0 Å². The second-order valence-corrected chi connectivity index (χ2v) is 13.3. The Balaban J connectivity index is 3.62. The number of allylic oxidation sites excluding steroid dienone is 4. The fraction of sp³-hybridized carbons (Fsp3) is 0.862. The van der Waals surface area contributed by atoms with Crippen molar-refractivity contribution in [1.82, 2.24) is 0 Å². The third kappa shape index (κ3) is 21.4. The van der Waals surface area contributed by atoms with Crippen LogP contribution in [-0.2, 0) is 4.57 Å². The van der Waals surface area contributed by atoms with Crippen LogP contribution in [0.3, 0.4) is 0 Å². The van der Waals surface area contributed by atoms with Crippen LogP contribution in [0.2, 0.25) is 0 Å². The molecule has 0 aromatic heterocycles. The van der Waals surface area contributed by atoms with Crippen LogP contribution < -0.4 is 0 Å². The molecule has 0 saturated carbocycles. The fourth-order valence-corrected chi connectivity index (χ4v) is 5.52. The Morgan fingerprint density at radius 2 is 0.971 bits per heavy atom. The molecule has 0 fully saturated rings. The topological polar surface area (TPSA) is 77.8 Å². The summed E-state index contributed by atoms with van der Waals surface area (Å²) in [5.41, 5.74) is 0. The van der Waals surface area contributed by atoms with E-state index in [1.807, 2.05) is 27.2 Å². The van der Waals surface area contributed by atoms with Gasteiger partial charge < -0.3 is 19.4 Å². The van der Waals surface area contributed by atoms with Crippen molar-refractivity contribution in [3.05, 3.63) is 24.3 Å². The van der Waals surface area contributed by atoms with Gasteiger partial charge in [0.1, 0.15) is 6.54 Å². The molecule has 0 aliphatic carbocycles. The molecule has 0 aromatic rings. The molecule has 0 spiro atoms. The Morgan fingerprint density at radius 1 is 0.629 bits per heavy atom. The first kappa shape index (κ1) is 34.6. The highest BCUT2D eigenvalue weighted by atomic mass is 31.2. The second-order valence-electron chi connectivity index (χ2n) is 11.4. The van der Waals surface area contributed by atoms with Crippen LogP contribution in [0.1, 0.15) is 129 Å². The van der Waals surface area contributed by atoms with E-state index in [9.17, 15) is 19.5 Å². The quantitative estimate of drug-likeness (QED) is 0.0524. The molecule has 1 unspecified atom stereocenters. The number of rotatable bonds is 24.